The van der Waals surface area contributed by atoms with Crippen LogP contribution in [0.3, 0.4) is 0 Å². The van der Waals surface area contributed by atoms with Gasteiger partial charge in [-0.1, -0.05) is 12.1 Å². The topological polar surface area (TPSA) is 56.5 Å². The molecule has 29 heavy (non-hydrogen) atoms. The van der Waals surface area contributed by atoms with Crippen LogP contribution in [0, 0.1) is 0 Å². The highest BCUT2D eigenvalue weighted by atomic mass is 32.1. The maximum absolute atomic E-state index is 5.16. The predicted octanol–water partition coefficient (Wildman–Crippen LogP) is 4.68. The van der Waals surface area contributed by atoms with E-state index in [2.05, 4.69) is 54.9 Å². The Morgan fingerprint density at radius 1 is 0.966 bits per heavy atom. The minimum Gasteiger partial charge on any atom is -0.356 e. The van der Waals surface area contributed by atoms with E-state index in [1.54, 1.807) is 0 Å². The van der Waals surface area contributed by atoms with E-state index in [0.29, 0.717) is 6.54 Å². The summed E-state index contributed by atoms with van der Waals surface area (Å²) in [6, 6.07) is 9.46. The van der Waals surface area contributed by atoms with Crippen molar-refractivity contribution in [2.75, 3.05) is 37.6 Å². The van der Waals surface area contributed by atoms with Crippen LogP contribution in [0.15, 0.2) is 45.1 Å². The Balaban J connectivity index is 1.35. The molecule has 6 rings (SSSR count). The van der Waals surface area contributed by atoms with Crippen LogP contribution in [0.2, 0.25) is 0 Å². The van der Waals surface area contributed by atoms with E-state index in [1.165, 1.54) is 54.2 Å². The zero-order valence-electron chi connectivity index (χ0n) is 16.4. The maximum atomic E-state index is 5.16. The summed E-state index contributed by atoms with van der Waals surface area (Å²) in [5.74, 6) is 1.15. The minimum atomic E-state index is 0.559. The Morgan fingerprint density at radius 3 is 2.62 bits per heavy atom. The summed E-state index contributed by atoms with van der Waals surface area (Å²) in [6.45, 7) is 5.32. The predicted molar refractivity (Wildman–Crippen MR) is 119 cm³/mol. The van der Waals surface area contributed by atoms with Gasteiger partial charge in [0.25, 0.3) is 0 Å². The molecule has 1 aromatic carbocycles. The van der Waals surface area contributed by atoms with Gasteiger partial charge in [0, 0.05) is 40.2 Å². The number of anilines is 1. The van der Waals surface area contributed by atoms with Gasteiger partial charge in [0.15, 0.2) is 0 Å². The monoisotopic (exact) mass is 404 g/mol. The highest BCUT2D eigenvalue weighted by Gasteiger charge is 2.28. The van der Waals surface area contributed by atoms with Crippen molar-refractivity contribution in [3.63, 3.8) is 0 Å². The Kier molecular flexibility index (Phi) is 4.31. The molecular weight excluding hydrogens is 380 g/mol. The highest BCUT2D eigenvalue weighted by Crippen LogP contribution is 2.37. The maximum Gasteiger partial charge on any atom is 0.138 e. The normalized spacial score (nSPS) is 21.0. The third kappa shape index (κ3) is 3.04. The number of pyridine rings is 1. The molecule has 0 spiro atoms. The van der Waals surface area contributed by atoms with Gasteiger partial charge in [-0.3, -0.25) is 0 Å². The number of likely N-dealkylation sites (tertiary alicyclic amines) is 1. The van der Waals surface area contributed by atoms with Gasteiger partial charge in [-0.2, -0.15) is 5.11 Å². The zero-order valence-corrected chi connectivity index (χ0v) is 17.2. The standard InChI is InChI=1S/C22H24N6S/c1-2-9-27(8-1)16-5-10-28(11-6-16)22-18-7-12-29-21(18)17-4-3-15(13-19(17)24-22)20-14-23-26-25-20/h3-4,7,12-13,16H,1-2,5-6,8-11,14H2. The van der Waals surface area contributed by atoms with Gasteiger partial charge in [0.1, 0.15) is 12.4 Å². The van der Waals surface area contributed by atoms with Crippen LogP contribution in [-0.4, -0.2) is 54.4 Å². The fourth-order valence-electron chi connectivity index (χ4n) is 5.02. The van der Waals surface area contributed by atoms with Crippen LogP contribution in [0.4, 0.5) is 5.82 Å². The summed E-state index contributed by atoms with van der Waals surface area (Å²) in [5.41, 5.74) is 3.04. The van der Waals surface area contributed by atoms with Crippen molar-refractivity contribution < 1.29 is 0 Å². The van der Waals surface area contributed by atoms with Crippen molar-refractivity contribution in [2.24, 2.45) is 15.4 Å². The van der Waals surface area contributed by atoms with Gasteiger partial charge in [-0.25, -0.2) is 4.98 Å². The lowest BCUT2D eigenvalue weighted by Crippen LogP contribution is -2.44. The molecule has 5 heterocycles. The first-order valence-corrected chi connectivity index (χ1v) is 11.5. The van der Waals surface area contributed by atoms with E-state index in [4.69, 9.17) is 4.98 Å². The molecule has 0 saturated carbocycles. The number of hydrogen-bond acceptors (Lipinski definition) is 7. The molecule has 3 aliphatic heterocycles. The number of nitrogens with zero attached hydrogens (tertiary/aromatic N) is 6. The summed E-state index contributed by atoms with van der Waals surface area (Å²) in [7, 11) is 0. The van der Waals surface area contributed by atoms with Gasteiger partial charge in [-0.15, -0.1) is 16.4 Å². The number of piperidine rings is 1. The van der Waals surface area contributed by atoms with Crippen LogP contribution in [-0.2, 0) is 0 Å². The van der Waals surface area contributed by atoms with Crippen molar-refractivity contribution in [3.05, 3.63) is 35.2 Å². The summed E-state index contributed by atoms with van der Waals surface area (Å²) in [6.07, 6.45) is 5.22. The third-order valence-electron chi connectivity index (χ3n) is 6.58. The SMILES string of the molecule is c1cc2c(N3CCC(N4CCCC4)CC3)nc3cc(C4=NN=NC4)ccc3c2s1. The van der Waals surface area contributed by atoms with Crippen molar-refractivity contribution in [2.45, 2.75) is 31.7 Å². The van der Waals surface area contributed by atoms with Gasteiger partial charge in [0.2, 0.25) is 0 Å². The van der Waals surface area contributed by atoms with Crippen molar-refractivity contribution in [1.82, 2.24) is 9.88 Å². The van der Waals surface area contributed by atoms with E-state index in [1.807, 2.05) is 11.3 Å². The van der Waals surface area contributed by atoms with Crippen LogP contribution < -0.4 is 4.90 Å². The molecule has 3 aromatic rings. The summed E-state index contributed by atoms with van der Waals surface area (Å²) < 4.78 is 1.33. The number of aromatic nitrogens is 1. The lowest BCUT2D eigenvalue weighted by molar-refractivity contribution is 0.208. The Bertz CT molecular complexity index is 1120. The molecule has 2 aromatic heterocycles. The highest BCUT2D eigenvalue weighted by molar-refractivity contribution is 7.18. The summed E-state index contributed by atoms with van der Waals surface area (Å²) in [5, 5.41) is 16.6. The zero-order chi connectivity index (χ0) is 19.2. The molecule has 0 aliphatic carbocycles. The number of thiophene rings is 1. The smallest absolute Gasteiger partial charge is 0.138 e. The molecule has 148 valence electrons. The quantitative estimate of drug-likeness (QED) is 0.637. The largest absolute Gasteiger partial charge is 0.356 e. The van der Waals surface area contributed by atoms with Crippen LogP contribution in [0.25, 0.3) is 21.0 Å². The molecule has 6 nitrogen and oxygen atoms in total. The van der Waals surface area contributed by atoms with Gasteiger partial charge >= 0.3 is 0 Å². The van der Waals surface area contributed by atoms with Gasteiger partial charge in [-0.05, 0) is 61.5 Å². The first-order valence-electron chi connectivity index (χ1n) is 10.6. The molecule has 0 unspecified atom stereocenters. The lowest BCUT2D eigenvalue weighted by atomic mass is 10.0. The molecule has 2 saturated heterocycles. The van der Waals surface area contributed by atoms with Crippen molar-refractivity contribution in [3.8, 4) is 0 Å². The number of fused-ring (bicyclic) bond motifs is 3. The Morgan fingerprint density at radius 2 is 1.83 bits per heavy atom. The Labute approximate surface area is 173 Å². The molecule has 0 atom stereocenters. The second kappa shape index (κ2) is 7.15. The van der Waals surface area contributed by atoms with E-state index in [0.717, 1.165) is 41.7 Å². The average Bonchev–Trinajstić information content (AvgIpc) is 3.55. The van der Waals surface area contributed by atoms with Crippen LogP contribution >= 0.6 is 11.3 Å². The van der Waals surface area contributed by atoms with Gasteiger partial charge < -0.3 is 9.80 Å². The molecule has 3 aliphatic rings. The number of rotatable bonds is 3. The second-order valence-electron chi connectivity index (χ2n) is 8.23. The molecule has 0 N–H and O–H groups in total. The van der Waals surface area contributed by atoms with E-state index in [9.17, 15) is 0 Å². The Hall–Kier alpha value is -2.38. The molecular formula is C22H24N6S. The third-order valence-corrected chi connectivity index (χ3v) is 7.53. The number of benzene rings is 1. The lowest BCUT2D eigenvalue weighted by Gasteiger charge is -2.37. The average molecular weight is 405 g/mol. The minimum absolute atomic E-state index is 0.559. The van der Waals surface area contributed by atoms with Crippen LogP contribution in [0.1, 0.15) is 31.2 Å². The van der Waals surface area contributed by atoms with Crippen LogP contribution in [0.5, 0.6) is 0 Å². The number of hydrogen-bond donors (Lipinski definition) is 0. The fourth-order valence-corrected chi connectivity index (χ4v) is 5.95. The van der Waals surface area contributed by atoms with E-state index >= 15 is 0 Å². The summed E-state index contributed by atoms with van der Waals surface area (Å²) >= 11 is 1.81. The first kappa shape index (κ1) is 17.5. The first-order chi connectivity index (χ1) is 14.4. The molecule has 0 amide bonds. The van der Waals surface area contributed by atoms with E-state index in [-0.39, 0.29) is 0 Å². The van der Waals surface area contributed by atoms with Crippen molar-refractivity contribution >= 4 is 43.9 Å². The molecule has 2 fully saturated rings. The van der Waals surface area contributed by atoms with Crippen molar-refractivity contribution in [1.29, 1.82) is 0 Å². The molecule has 0 bridgehead atoms. The second-order valence-corrected chi connectivity index (χ2v) is 9.14. The molecule has 0 radical (unpaired) electrons. The summed E-state index contributed by atoms with van der Waals surface area (Å²) in [4.78, 5) is 10.4. The molecule has 7 heteroatoms. The van der Waals surface area contributed by atoms with Gasteiger partial charge in [0.05, 0.1) is 11.2 Å². The fraction of sp³-hybridized carbons (Fsp3) is 0.455. The van der Waals surface area contributed by atoms with E-state index < -0.39 is 0 Å².